The first kappa shape index (κ1) is 22.4. The van der Waals surface area contributed by atoms with Crippen LogP contribution in [0.15, 0.2) is 30.3 Å². The fourth-order valence-electron chi connectivity index (χ4n) is 5.77. The van der Waals surface area contributed by atoms with Crippen LogP contribution < -0.4 is 0 Å². The van der Waals surface area contributed by atoms with Gasteiger partial charge in [0.15, 0.2) is 11.6 Å². The number of hydrogen-bond acceptors (Lipinski definition) is 0. The molecule has 0 atom stereocenters. The van der Waals surface area contributed by atoms with Crippen LogP contribution in [-0.4, -0.2) is 0 Å². The third-order valence-corrected chi connectivity index (χ3v) is 7.77. The summed E-state index contributed by atoms with van der Waals surface area (Å²) in [6.07, 6.45) is 12.1. The van der Waals surface area contributed by atoms with Gasteiger partial charge in [-0.05, 0) is 97.6 Å². The van der Waals surface area contributed by atoms with Crippen LogP contribution in [0.5, 0.6) is 0 Å². The fraction of sp³-hybridized carbons (Fsp3) is 0.556. The van der Waals surface area contributed by atoms with E-state index in [1.165, 1.54) is 69.6 Å². The van der Waals surface area contributed by atoms with E-state index in [0.717, 1.165) is 36.3 Å². The van der Waals surface area contributed by atoms with Crippen LogP contribution in [0.2, 0.25) is 0 Å². The van der Waals surface area contributed by atoms with E-state index < -0.39 is 23.3 Å². The summed E-state index contributed by atoms with van der Waals surface area (Å²) in [6.45, 7) is 2.36. The molecule has 2 aromatic carbocycles. The minimum atomic E-state index is -1.11. The van der Waals surface area contributed by atoms with Crippen molar-refractivity contribution in [1.82, 2.24) is 0 Å². The lowest BCUT2D eigenvalue weighted by molar-refractivity contribution is 0.148. The second kappa shape index (κ2) is 9.75. The van der Waals surface area contributed by atoms with Crippen LogP contribution in [0.25, 0.3) is 11.1 Å². The van der Waals surface area contributed by atoms with Gasteiger partial charge in [0.25, 0.3) is 0 Å². The summed E-state index contributed by atoms with van der Waals surface area (Å²) in [5, 5.41) is 0. The first-order chi connectivity index (χ1) is 14.9. The number of hydrogen-bond donors (Lipinski definition) is 0. The van der Waals surface area contributed by atoms with Gasteiger partial charge in [0.05, 0.1) is 5.56 Å². The SMILES string of the molecule is CC1CCC(C2CCC(CCc3cc(F)c(-c4ccc(F)c(F)c4)c(F)c3)CC2)CC1. The molecule has 2 aliphatic rings. The summed E-state index contributed by atoms with van der Waals surface area (Å²) in [4.78, 5) is 0. The quantitative estimate of drug-likeness (QED) is 0.416. The van der Waals surface area contributed by atoms with Crippen LogP contribution in [0.3, 0.4) is 0 Å². The highest BCUT2D eigenvalue weighted by Crippen LogP contribution is 2.42. The molecule has 2 fully saturated rings. The predicted molar refractivity (Wildman–Crippen MR) is 117 cm³/mol. The smallest absolute Gasteiger partial charge is 0.159 e. The van der Waals surface area contributed by atoms with Crippen molar-refractivity contribution in [3.63, 3.8) is 0 Å². The van der Waals surface area contributed by atoms with E-state index in [2.05, 4.69) is 6.92 Å². The molecule has 0 heterocycles. The van der Waals surface area contributed by atoms with Crippen molar-refractivity contribution >= 4 is 0 Å². The second-order valence-electron chi connectivity index (χ2n) is 9.90. The van der Waals surface area contributed by atoms with Crippen molar-refractivity contribution in [1.29, 1.82) is 0 Å². The Labute approximate surface area is 183 Å². The molecule has 0 saturated heterocycles. The zero-order valence-corrected chi connectivity index (χ0v) is 18.3. The standard InChI is InChI=1S/C27H32F4/c1-17-2-8-20(9-3-17)21-10-6-18(7-11-21)4-5-19-14-25(30)27(26(31)15-19)22-12-13-23(28)24(29)16-22/h12-18,20-21H,2-11H2,1H3. The topological polar surface area (TPSA) is 0 Å². The zero-order valence-electron chi connectivity index (χ0n) is 18.3. The van der Waals surface area contributed by atoms with Gasteiger partial charge in [-0.15, -0.1) is 0 Å². The van der Waals surface area contributed by atoms with E-state index in [-0.39, 0.29) is 11.1 Å². The summed E-state index contributed by atoms with van der Waals surface area (Å²) in [7, 11) is 0. The summed E-state index contributed by atoms with van der Waals surface area (Å²) in [5.41, 5.74) is 0.338. The third-order valence-electron chi connectivity index (χ3n) is 7.77. The number of benzene rings is 2. The number of halogens is 4. The van der Waals surface area contributed by atoms with Gasteiger partial charge in [0, 0.05) is 0 Å². The minimum absolute atomic E-state index is 0.0101. The molecule has 0 aliphatic heterocycles. The maximum absolute atomic E-state index is 14.6. The summed E-state index contributed by atoms with van der Waals surface area (Å²) in [5.74, 6) is -0.309. The molecular weight excluding hydrogens is 400 g/mol. The van der Waals surface area contributed by atoms with Crippen LogP contribution in [0.1, 0.15) is 70.3 Å². The summed E-state index contributed by atoms with van der Waals surface area (Å²) >= 11 is 0. The Bertz CT molecular complexity index is 867. The van der Waals surface area contributed by atoms with Gasteiger partial charge in [-0.2, -0.15) is 0 Å². The van der Waals surface area contributed by atoms with Gasteiger partial charge in [0.2, 0.25) is 0 Å². The van der Waals surface area contributed by atoms with Gasteiger partial charge in [-0.1, -0.05) is 38.7 Å². The fourth-order valence-corrected chi connectivity index (χ4v) is 5.77. The van der Waals surface area contributed by atoms with Gasteiger partial charge in [-0.3, -0.25) is 0 Å². The molecule has 0 bridgehead atoms. The van der Waals surface area contributed by atoms with Gasteiger partial charge in [-0.25, -0.2) is 17.6 Å². The summed E-state index contributed by atoms with van der Waals surface area (Å²) in [6, 6.07) is 5.61. The Morgan fingerprint density at radius 3 is 1.84 bits per heavy atom. The highest BCUT2D eigenvalue weighted by Gasteiger charge is 2.29. The lowest BCUT2D eigenvalue weighted by Crippen LogP contribution is -2.25. The third kappa shape index (κ3) is 5.32. The van der Waals surface area contributed by atoms with Crippen molar-refractivity contribution in [2.75, 3.05) is 0 Å². The molecule has 2 aliphatic carbocycles. The Balaban J connectivity index is 1.33. The Hall–Kier alpha value is -1.84. The number of rotatable bonds is 5. The van der Waals surface area contributed by atoms with Crippen LogP contribution in [0, 0.1) is 46.9 Å². The van der Waals surface area contributed by atoms with Crippen LogP contribution in [-0.2, 0) is 6.42 Å². The van der Waals surface area contributed by atoms with E-state index in [0.29, 0.717) is 17.9 Å². The molecule has 4 rings (SSSR count). The molecule has 0 amide bonds. The molecule has 0 N–H and O–H groups in total. The molecule has 2 saturated carbocycles. The highest BCUT2D eigenvalue weighted by atomic mass is 19.2. The Morgan fingerprint density at radius 2 is 1.26 bits per heavy atom. The van der Waals surface area contributed by atoms with Crippen LogP contribution >= 0.6 is 0 Å². The van der Waals surface area contributed by atoms with E-state index >= 15 is 0 Å². The van der Waals surface area contributed by atoms with E-state index in [4.69, 9.17) is 0 Å². The molecule has 4 heteroatoms. The van der Waals surface area contributed by atoms with Crippen molar-refractivity contribution in [3.8, 4) is 11.1 Å². The van der Waals surface area contributed by atoms with E-state index in [9.17, 15) is 17.6 Å². The molecule has 0 aromatic heterocycles. The largest absolute Gasteiger partial charge is 0.206 e. The Kier molecular flexibility index (Phi) is 7.03. The predicted octanol–water partition coefficient (Wildman–Crippen LogP) is 8.48. The van der Waals surface area contributed by atoms with Crippen molar-refractivity contribution in [2.24, 2.45) is 23.7 Å². The van der Waals surface area contributed by atoms with Crippen LogP contribution in [0.4, 0.5) is 17.6 Å². The molecule has 0 spiro atoms. The lowest BCUT2D eigenvalue weighted by Gasteiger charge is -2.37. The molecule has 0 nitrogen and oxygen atoms in total. The van der Waals surface area contributed by atoms with Gasteiger partial charge < -0.3 is 0 Å². The van der Waals surface area contributed by atoms with E-state index in [1.807, 2.05) is 0 Å². The van der Waals surface area contributed by atoms with E-state index in [1.54, 1.807) is 0 Å². The normalized spacial score (nSPS) is 26.7. The molecule has 168 valence electrons. The van der Waals surface area contributed by atoms with Crippen molar-refractivity contribution < 1.29 is 17.6 Å². The maximum atomic E-state index is 14.6. The second-order valence-corrected chi connectivity index (χ2v) is 9.90. The molecular formula is C27H32F4. The molecule has 31 heavy (non-hydrogen) atoms. The maximum Gasteiger partial charge on any atom is 0.159 e. The molecule has 0 radical (unpaired) electrons. The highest BCUT2D eigenvalue weighted by molar-refractivity contribution is 5.65. The first-order valence-corrected chi connectivity index (χ1v) is 11.8. The average molecular weight is 433 g/mol. The van der Waals surface area contributed by atoms with Crippen molar-refractivity contribution in [3.05, 3.63) is 59.2 Å². The molecule has 0 unspecified atom stereocenters. The summed E-state index contributed by atoms with van der Waals surface area (Å²) < 4.78 is 55.9. The molecule has 2 aromatic rings. The zero-order chi connectivity index (χ0) is 22.0. The number of aryl methyl sites for hydroxylation is 1. The van der Waals surface area contributed by atoms with Gasteiger partial charge in [0.1, 0.15) is 11.6 Å². The monoisotopic (exact) mass is 432 g/mol. The first-order valence-electron chi connectivity index (χ1n) is 11.8. The average Bonchev–Trinajstić information content (AvgIpc) is 2.75. The Morgan fingerprint density at radius 1 is 0.677 bits per heavy atom. The van der Waals surface area contributed by atoms with Crippen molar-refractivity contribution in [2.45, 2.75) is 71.1 Å². The van der Waals surface area contributed by atoms with Gasteiger partial charge >= 0.3 is 0 Å². The minimum Gasteiger partial charge on any atom is -0.206 e. The lowest BCUT2D eigenvalue weighted by atomic mass is 9.69.